The normalized spacial score (nSPS) is 48.4. The van der Waals surface area contributed by atoms with Gasteiger partial charge in [0.25, 0.3) is 0 Å². The topological polar surface area (TPSA) is 57.2 Å². The second-order valence-electron chi connectivity index (χ2n) is 8.44. The van der Waals surface area contributed by atoms with Crippen molar-refractivity contribution in [3.8, 4) is 0 Å². The van der Waals surface area contributed by atoms with E-state index in [2.05, 4.69) is 26.5 Å². The predicted molar refractivity (Wildman–Crippen MR) is 94.8 cm³/mol. The Bertz CT molecular complexity index is 556. The van der Waals surface area contributed by atoms with Crippen LogP contribution >= 0.6 is 0 Å². The van der Waals surface area contributed by atoms with Crippen LogP contribution in [0.15, 0.2) is 24.3 Å². The first-order valence-electron chi connectivity index (χ1n) is 9.12. The van der Waals surface area contributed by atoms with Crippen molar-refractivity contribution in [2.24, 2.45) is 23.2 Å². The number of ether oxygens (including phenoxy) is 4. The lowest BCUT2D eigenvalue weighted by atomic mass is 9.50. The lowest BCUT2D eigenvalue weighted by molar-refractivity contribution is -0.237. The molecule has 0 aromatic heterocycles. The smallest absolute Gasteiger partial charge is 0.163 e. The fourth-order valence-corrected chi connectivity index (χ4v) is 5.49. The van der Waals surface area contributed by atoms with Crippen molar-refractivity contribution in [2.75, 3.05) is 13.9 Å². The first-order valence-corrected chi connectivity index (χ1v) is 9.12. The minimum absolute atomic E-state index is 0.0867. The molecule has 3 rings (SSSR count). The van der Waals surface area contributed by atoms with Gasteiger partial charge in [-0.1, -0.05) is 26.0 Å². The van der Waals surface area contributed by atoms with Gasteiger partial charge in [-0.3, -0.25) is 0 Å². The number of aliphatic hydroxyl groups is 1. The number of allylic oxidation sites excluding steroid dienone is 2. The summed E-state index contributed by atoms with van der Waals surface area (Å²) in [5.74, 6) is -0.171. The molecule has 5 nitrogen and oxygen atoms in total. The minimum atomic E-state index is -0.667. The van der Waals surface area contributed by atoms with Gasteiger partial charge in [-0.15, -0.1) is 6.58 Å². The Balaban J connectivity index is 2.10. The van der Waals surface area contributed by atoms with E-state index in [1.165, 1.54) is 0 Å². The fourth-order valence-electron chi connectivity index (χ4n) is 5.49. The fraction of sp³-hybridized carbons (Fsp3) is 0.800. The van der Waals surface area contributed by atoms with Gasteiger partial charge in [-0.2, -0.15) is 0 Å². The standard InChI is InChI=1S/C20H32O5/c1-8-13-9-11(2)17(21)20(6)14(13)12(3)15-16(18(20)23-10-22-7)25-19(4,5)24-15/h8-9,12-18,21H,1,10H2,2-7H3/t12-,13+,14-,15+,16+,17+,18-,20-/m1/s1. The van der Waals surface area contributed by atoms with Gasteiger partial charge in [0.1, 0.15) is 12.9 Å². The van der Waals surface area contributed by atoms with E-state index in [4.69, 9.17) is 18.9 Å². The van der Waals surface area contributed by atoms with Crippen LogP contribution in [-0.4, -0.2) is 49.2 Å². The van der Waals surface area contributed by atoms with E-state index >= 15 is 0 Å². The predicted octanol–water partition coefficient (Wildman–Crippen LogP) is 2.89. The molecule has 0 spiro atoms. The summed E-state index contributed by atoms with van der Waals surface area (Å²) in [6.07, 6.45) is 2.84. The number of hydrogen-bond donors (Lipinski definition) is 1. The Morgan fingerprint density at radius 1 is 1.28 bits per heavy atom. The highest BCUT2D eigenvalue weighted by Crippen LogP contribution is 2.58. The van der Waals surface area contributed by atoms with Crippen LogP contribution in [0.1, 0.15) is 34.6 Å². The van der Waals surface area contributed by atoms with Gasteiger partial charge in [0.15, 0.2) is 5.79 Å². The van der Waals surface area contributed by atoms with Crippen molar-refractivity contribution >= 4 is 0 Å². The second-order valence-corrected chi connectivity index (χ2v) is 8.44. The molecule has 1 saturated carbocycles. The van der Waals surface area contributed by atoms with Crippen LogP contribution in [0.25, 0.3) is 0 Å². The van der Waals surface area contributed by atoms with Gasteiger partial charge in [0, 0.05) is 12.5 Å². The van der Waals surface area contributed by atoms with E-state index in [1.807, 2.05) is 26.8 Å². The Labute approximate surface area is 151 Å². The highest BCUT2D eigenvalue weighted by molar-refractivity contribution is 5.27. The first-order chi connectivity index (χ1) is 11.7. The molecule has 2 aliphatic carbocycles. The Hall–Kier alpha value is -0.720. The summed E-state index contributed by atoms with van der Waals surface area (Å²) in [6.45, 7) is 14.3. The van der Waals surface area contributed by atoms with Crippen molar-refractivity contribution in [2.45, 2.75) is 64.8 Å². The molecule has 2 fully saturated rings. The van der Waals surface area contributed by atoms with E-state index in [1.54, 1.807) is 7.11 Å². The van der Waals surface area contributed by atoms with Crippen molar-refractivity contribution in [3.05, 3.63) is 24.3 Å². The molecule has 1 aliphatic heterocycles. The van der Waals surface area contributed by atoms with Gasteiger partial charge < -0.3 is 24.1 Å². The third-order valence-electron chi connectivity index (χ3n) is 6.41. The van der Waals surface area contributed by atoms with E-state index < -0.39 is 17.3 Å². The average Bonchev–Trinajstić information content (AvgIpc) is 2.87. The van der Waals surface area contributed by atoms with Crippen molar-refractivity contribution < 1.29 is 24.1 Å². The highest BCUT2D eigenvalue weighted by atomic mass is 16.8. The average molecular weight is 352 g/mol. The van der Waals surface area contributed by atoms with Crippen LogP contribution < -0.4 is 0 Å². The second kappa shape index (κ2) is 6.46. The summed E-state index contributed by atoms with van der Waals surface area (Å²) in [4.78, 5) is 0. The molecular weight excluding hydrogens is 320 g/mol. The molecule has 1 saturated heterocycles. The summed E-state index contributed by atoms with van der Waals surface area (Å²) < 4.78 is 23.8. The maximum Gasteiger partial charge on any atom is 0.163 e. The molecule has 8 atom stereocenters. The molecule has 25 heavy (non-hydrogen) atoms. The van der Waals surface area contributed by atoms with E-state index in [-0.39, 0.29) is 42.9 Å². The molecule has 3 aliphatic rings. The monoisotopic (exact) mass is 352 g/mol. The molecule has 0 amide bonds. The summed E-state index contributed by atoms with van der Waals surface area (Å²) >= 11 is 0. The van der Waals surface area contributed by atoms with Crippen LogP contribution in [0.2, 0.25) is 0 Å². The summed E-state index contributed by atoms with van der Waals surface area (Å²) in [7, 11) is 1.60. The van der Waals surface area contributed by atoms with E-state index in [0.29, 0.717) is 0 Å². The highest BCUT2D eigenvalue weighted by Gasteiger charge is 2.66. The van der Waals surface area contributed by atoms with Crippen LogP contribution in [0, 0.1) is 23.2 Å². The van der Waals surface area contributed by atoms with E-state index in [9.17, 15) is 5.11 Å². The molecule has 0 radical (unpaired) electrons. The summed E-state index contributed by atoms with van der Waals surface area (Å²) in [5.41, 5.74) is 0.444. The quantitative estimate of drug-likeness (QED) is 0.623. The molecule has 0 aromatic rings. The van der Waals surface area contributed by atoms with Crippen LogP contribution in [0.5, 0.6) is 0 Å². The van der Waals surface area contributed by atoms with Crippen molar-refractivity contribution in [1.29, 1.82) is 0 Å². The third kappa shape index (κ3) is 2.81. The number of hydrogen-bond acceptors (Lipinski definition) is 5. The Kier molecular flexibility index (Phi) is 4.93. The minimum Gasteiger partial charge on any atom is -0.388 e. The molecular formula is C20H32O5. The maximum atomic E-state index is 11.2. The SMILES string of the molecule is C=C[C@H]1C=C(C)[C@H](O)[C@@]2(C)[C@@H]1[C@@H](C)[C@@H]1OC(C)(C)O[C@@H]1[C@H]2OCOC. The third-order valence-corrected chi connectivity index (χ3v) is 6.41. The van der Waals surface area contributed by atoms with Crippen LogP contribution in [-0.2, 0) is 18.9 Å². The maximum absolute atomic E-state index is 11.2. The van der Waals surface area contributed by atoms with Crippen molar-refractivity contribution in [3.63, 3.8) is 0 Å². The Morgan fingerprint density at radius 3 is 2.52 bits per heavy atom. The lowest BCUT2D eigenvalue weighted by Crippen LogP contribution is -2.66. The van der Waals surface area contributed by atoms with Gasteiger partial charge in [0.2, 0.25) is 0 Å². The molecule has 1 N–H and O–H groups in total. The molecule has 0 aromatic carbocycles. The first kappa shape index (κ1) is 19.1. The number of rotatable bonds is 4. The number of aliphatic hydroxyl groups excluding tert-OH is 1. The summed E-state index contributed by atoms with van der Waals surface area (Å²) in [6, 6.07) is 0. The number of methoxy groups -OCH3 is 1. The zero-order valence-corrected chi connectivity index (χ0v) is 16.2. The van der Waals surface area contributed by atoms with Gasteiger partial charge in [-0.25, -0.2) is 0 Å². The van der Waals surface area contributed by atoms with Gasteiger partial charge in [-0.05, 0) is 44.1 Å². The van der Waals surface area contributed by atoms with Crippen LogP contribution in [0.4, 0.5) is 0 Å². The zero-order valence-electron chi connectivity index (χ0n) is 16.2. The zero-order chi connectivity index (χ0) is 18.6. The molecule has 0 bridgehead atoms. The van der Waals surface area contributed by atoms with Gasteiger partial charge in [0.05, 0.1) is 18.3 Å². The molecule has 0 unspecified atom stereocenters. The lowest BCUT2D eigenvalue weighted by Gasteiger charge is -2.59. The Morgan fingerprint density at radius 2 is 1.92 bits per heavy atom. The van der Waals surface area contributed by atoms with Crippen molar-refractivity contribution in [1.82, 2.24) is 0 Å². The van der Waals surface area contributed by atoms with Crippen LogP contribution in [0.3, 0.4) is 0 Å². The molecule has 5 heteroatoms. The summed E-state index contributed by atoms with van der Waals surface area (Å²) in [5, 5.41) is 11.2. The largest absolute Gasteiger partial charge is 0.388 e. The number of fused-ring (bicyclic) bond motifs is 2. The molecule has 142 valence electrons. The molecule has 1 heterocycles. The van der Waals surface area contributed by atoms with Gasteiger partial charge >= 0.3 is 0 Å². The van der Waals surface area contributed by atoms with E-state index in [0.717, 1.165) is 5.57 Å².